The quantitative estimate of drug-likeness (QED) is 0.643. The zero-order chi connectivity index (χ0) is 18.4. The summed E-state index contributed by atoms with van der Waals surface area (Å²) in [4.78, 5) is 34.8. The van der Waals surface area contributed by atoms with Gasteiger partial charge in [-0.1, -0.05) is 0 Å². The average Bonchev–Trinajstić information content (AvgIpc) is 2.59. The van der Waals surface area contributed by atoms with E-state index in [1.165, 1.54) is 38.3 Å². The maximum absolute atomic E-state index is 13.6. The van der Waals surface area contributed by atoms with Crippen molar-refractivity contribution >= 4 is 23.3 Å². The van der Waals surface area contributed by atoms with Gasteiger partial charge in [-0.3, -0.25) is 9.59 Å². The van der Waals surface area contributed by atoms with Crippen molar-refractivity contribution in [3.05, 3.63) is 59.4 Å². The number of anilines is 1. The highest BCUT2D eigenvalue weighted by Gasteiger charge is 2.14. The summed E-state index contributed by atoms with van der Waals surface area (Å²) in [6.07, 6.45) is 0. The molecular weight excluding hydrogens is 329 g/mol. The van der Waals surface area contributed by atoms with Crippen LogP contribution in [0.25, 0.3) is 0 Å². The lowest BCUT2D eigenvalue weighted by atomic mass is 10.1. The molecule has 0 radical (unpaired) electrons. The average molecular weight is 345 g/mol. The molecule has 1 amide bonds. The minimum absolute atomic E-state index is 0.0211. The number of rotatable bonds is 6. The molecule has 130 valence electrons. The first-order valence-corrected chi connectivity index (χ1v) is 7.32. The van der Waals surface area contributed by atoms with Gasteiger partial charge in [0.1, 0.15) is 0 Å². The maximum Gasteiger partial charge on any atom is 0.338 e. The number of nitrogens with one attached hydrogen (secondary N) is 1. The number of halogens is 1. The molecule has 0 atom stereocenters. The van der Waals surface area contributed by atoms with Crippen molar-refractivity contribution < 1.29 is 28.2 Å². The summed E-state index contributed by atoms with van der Waals surface area (Å²) in [6.45, 7) is 0.855. The summed E-state index contributed by atoms with van der Waals surface area (Å²) in [5, 5.41) is 2.57. The molecule has 0 spiro atoms. The number of methoxy groups -OCH3 is 1. The molecule has 2 aromatic rings. The zero-order valence-corrected chi connectivity index (χ0v) is 13.7. The van der Waals surface area contributed by atoms with Crippen LogP contribution in [0.3, 0.4) is 0 Å². The summed E-state index contributed by atoms with van der Waals surface area (Å²) >= 11 is 0. The van der Waals surface area contributed by atoms with E-state index >= 15 is 0 Å². The molecule has 0 saturated carbocycles. The molecule has 0 heterocycles. The van der Waals surface area contributed by atoms with Gasteiger partial charge in [0, 0.05) is 18.2 Å². The summed E-state index contributed by atoms with van der Waals surface area (Å²) in [7, 11) is 1.32. The smallest absolute Gasteiger partial charge is 0.338 e. The van der Waals surface area contributed by atoms with Crippen LogP contribution in [0.2, 0.25) is 0 Å². The van der Waals surface area contributed by atoms with Crippen molar-refractivity contribution in [2.24, 2.45) is 0 Å². The fourth-order valence-electron chi connectivity index (χ4n) is 2.03. The van der Waals surface area contributed by atoms with E-state index in [9.17, 15) is 18.8 Å². The van der Waals surface area contributed by atoms with Crippen LogP contribution in [0.1, 0.15) is 27.6 Å². The maximum atomic E-state index is 13.6. The number of Topliss-reactive ketones (excluding diaryl/α,β-unsaturated/α-hetero) is 1. The topological polar surface area (TPSA) is 81.7 Å². The number of hydrogen-bond donors (Lipinski definition) is 1. The van der Waals surface area contributed by atoms with Crippen LogP contribution in [0.4, 0.5) is 10.1 Å². The molecule has 25 heavy (non-hydrogen) atoms. The van der Waals surface area contributed by atoms with Crippen LogP contribution in [-0.4, -0.2) is 31.4 Å². The van der Waals surface area contributed by atoms with Crippen LogP contribution in [0.5, 0.6) is 5.75 Å². The van der Waals surface area contributed by atoms with Gasteiger partial charge in [-0.05, 0) is 42.5 Å². The van der Waals surface area contributed by atoms with E-state index in [0.29, 0.717) is 5.69 Å². The Labute approximate surface area is 143 Å². The van der Waals surface area contributed by atoms with Crippen molar-refractivity contribution in [3.63, 3.8) is 0 Å². The van der Waals surface area contributed by atoms with Crippen LogP contribution >= 0.6 is 0 Å². The second-order valence-corrected chi connectivity index (χ2v) is 5.11. The van der Waals surface area contributed by atoms with E-state index in [-0.39, 0.29) is 22.8 Å². The van der Waals surface area contributed by atoms with E-state index in [0.717, 1.165) is 6.07 Å². The SMILES string of the molecule is COc1ccc(C(=O)COC(=O)c2ccc(NC(C)=O)cc2)cc1F. The Morgan fingerprint density at radius 1 is 1.04 bits per heavy atom. The molecule has 0 fully saturated rings. The summed E-state index contributed by atoms with van der Waals surface area (Å²) in [5.41, 5.74) is 0.837. The van der Waals surface area contributed by atoms with Gasteiger partial charge in [0.2, 0.25) is 5.91 Å². The second-order valence-electron chi connectivity index (χ2n) is 5.11. The second kappa shape index (κ2) is 8.05. The van der Waals surface area contributed by atoms with E-state index < -0.39 is 24.2 Å². The lowest BCUT2D eigenvalue weighted by Crippen LogP contribution is -2.14. The molecule has 2 aromatic carbocycles. The Morgan fingerprint density at radius 3 is 2.24 bits per heavy atom. The molecule has 0 aliphatic heterocycles. The van der Waals surface area contributed by atoms with Gasteiger partial charge >= 0.3 is 5.97 Å². The molecule has 0 unspecified atom stereocenters. The molecule has 6 nitrogen and oxygen atoms in total. The van der Waals surface area contributed by atoms with Gasteiger partial charge in [0.25, 0.3) is 0 Å². The van der Waals surface area contributed by atoms with Crippen molar-refractivity contribution in [2.45, 2.75) is 6.92 Å². The van der Waals surface area contributed by atoms with E-state index in [2.05, 4.69) is 5.32 Å². The number of carbonyl (C=O) groups is 3. The first-order chi connectivity index (χ1) is 11.9. The summed E-state index contributed by atoms with van der Waals surface area (Å²) in [6, 6.07) is 9.75. The minimum Gasteiger partial charge on any atom is -0.494 e. The molecule has 1 N–H and O–H groups in total. The van der Waals surface area contributed by atoms with Crippen LogP contribution in [0, 0.1) is 5.82 Å². The standard InChI is InChI=1S/C18H16FNO5/c1-11(21)20-14-6-3-12(4-7-14)18(23)25-10-16(22)13-5-8-17(24-2)15(19)9-13/h3-9H,10H2,1-2H3,(H,20,21). The van der Waals surface area contributed by atoms with Crippen LogP contribution < -0.4 is 10.1 Å². The normalized spacial score (nSPS) is 10.0. The van der Waals surface area contributed by atoms with Gasteiger partial charge < -0.3 is 14.8 Å². The van der Waals surface area contributed by atoms with Gasteiger partial charge in [-0.25, -0.2) is 9.18 Å². The summed E-state index contributed by atoms with van der Waals surface area (Å²) < 4.78 is 23.3. The monoisotopic (exact) mass is 345 g/mol. The van der Waals surface area contributed by atoms with Gasteiger partial charge in [0.05, 0.1) is 12.7 Å². The lowest BCUT2D eigenvalue weighted by Gasteiger charge is -2.07. The van der Waals surface area contributed by atoms with E-state index in [4.69, 9.17) is 9.47 Å². The third-order valence-electron chi connectivity index (χ3n) is 3.25. The number of hydrogen-bond acceptors (Lipinski definition) is 5. The predicted molar refractivity (Wildman–Crippen MR) is 88.3 cm³/mol. The van der Waals surface area contributed by atoms with Crippen molar-refractivity contribution in [3.8, 4) is 5.75 Å². The zero-order valence-electron chi connectivity index (χ0n) is 13.7. The molecule has 7 heteroatoms. The number of esters is 1. The first-order valence-electron chi connectivity index (χ1n) is 7.32. The Bertz CT molecular complexity index is 802. The number of amides is 1. The Kier molecular flexibility index (Phi) is 5.84. The molecule has 0 aliphatic rings. The third kappa shape index (κ3) is 4.87. The Balaban J connectivity index is 1.96. The Hall–Kier alpha value is -3.22. The highest BCUT2D eigenvalue weighted by atomic mass is 19.1. The van der Waals surface area contributed by atoms with Gasteiger partial charge in [0.15, 0.2) is 24.0 Å². The number of benzene rings is 2. The fraction of sp³-hybridized carbons (Fsp3) is 0.167. The fourth-order valence-corrected chi connectivity index (χ4v) is 2.03. The molecular formula is C18H16FNO5. The largest absolute Gasteiger partial charge is 0.494 e. The highest BCUT2D eigenvalue weighted by Crippen LogP contribution is 2.18. The Morgan fingerprint density at radius 2 is 1.68 bits per heavy atom. The van der Waals surface area contributed by atoms with E-state index in [1.54, 1.807) is 12.1 Å². The van der Waals surface area contributed by atoms with Crippen molar-refractivity contribution in [2.75, 3.05) is 19.0 Å². The lowest BCUT2D eigenvalue weighted by molar-refractivity contribution is -0.114. The third-order valence-corrected chi connectivity index (χ3v) is 3.25. The van der Waals surface area contributed by atoms with Gasteiger partial charge in [-0.15, -0.1) is 0 Å². The van der Waals surface area contributed by atoms with E-state index in [1.807, 2.05) is 0 Å². The number of carbonyl (C=O) groups excluding carboxylic acids is 3. The predicted octanol–water partition coefficient (Wildman–Crippen LogP) is 2.83. The first kappa shape index (κ1) is 18.1. The van der Waals surface area contributed by atoms with Crippen molar-refractivity contribution in [1.29, 1.82) is 0 Å². The minimum atomic E-state index is -0.697. The van der Waals surface area contributed by atoms with Gasteiger partial charge in [-0.2, -0.15) is 0 Å². The number of ether oxygens (including phenoxy) is 2. The molecule has 2 rings (SSSR count). The molecule has 0 aliphatic carbocycles. The van der Waals surface area contributed by atoms with Crippen LogP contribution in [-0.2, 0) is 9.53 Å². The summed E-state index contributed by atoms with van der Waals surface area (Å²) in [5.74, 6) is -2.12. The van der Waals surface area contributed by atoms with Crippen LogP contribution in [0.15, 0.2) is 42.5 Å². The highest BCUT2D eigenvalue weighted by molar-refractivity contribution is 5.99. The molecule has 0 bridgehead atoms. The molecule has 0 saturated heterocycles. The molecule has 0 aromatic heterocycles. The van der Waals surface area contributed by atoms with Crippen molar-refractivity contribution in [1.82, 2.24) is 0 Å². The number of ketones is 1.